The topological polar surface area (TPSA) is 51.4 Å². The lowest BCUT2D eigenvalue weighted by Crippen LogP contribution is -2.07. The van der Waals surface area contributed by atoms with Gasteiger partial charge in [0.2, 0.25) is 0 Å². The Morgan fingerprint density at radius 2 is 2.00 bits per heavy atom. The minimum atomic E-state index is -0.0667. The van der Waals surface area contributed by atoms with Crippen LogP contribution in [-0.4, -0.2) is 12.1 Å². The van der Waals surface area contributed by atoms with Crippen LogP contribution in [0.4, 0.5) is 0 Å². The van der Waals surface area contributed by atoms with Crippen LogP contribution in [0.1, 0.15) is 53.4 Å². The Morgan fingerprint density at radius 3 is 2.56 bits per heavy atom. The second-order valence-electron chi connectivity index (χ2n) is 5.34. The maximum absolute atomic E-state index is 10.5. The van der Waals surface area contributed by atoms with Gasteiger partial charge in [-0.25, -0.2) is 0 Å². The summed E-state index contributed by atoms with van der Waals surface area (Å²) in [4.78, 5) is 10.5. The second kappa shape index (κ2) is 8.67. The number of hydrogen-bond donors (Lipinski definition) is 0. The zero-order valence-electron chi connectivity index (χ0n) is 11.9. The quantitative estimate of drug-likeness (QED) is 0.219. The molecule has 0 aliphatic heterocycles. The zero-order chi connectivity index (χ0) is 14.0. The molecule has 0 bridgehead atoms. The monoisotopic (exact) mass is 252 g/mol. The fourth-order valence-corrected chi connectivity index (χ4v) is 1.49. The molecule has 0 saturated carbocycles. The van der Waals surface area contributed by atoms with Gasteiger partial charge in [0.25, 0.3) is 0 Å². The van der Waals surface area contributed by atoms with Gasteiger partial charge in [-0.2, -0.15) is 4.58 Å². The molecule has 0 radical (unpaired) electrons. The summed E-state index contributed by atoms with van der Waals surface area (Å²) in [5, 5.41) is 10.1. The van der Waals surface area contributed by atoms with Crippen LogP contribution in [0.25, 0.3) is 0 Å². The lowest BCUT2D eigenvalue weighted by Gasteiger charge is -2.15. The third kappa shape index (κ3) is 8.74. The normalized spacial score (nSPS) is 14.2. The molecule has 0 aliphatic rings. The van der Waals surface area contributed by atoms with Crippen molar-refractivity contribution in [1.29, 1.82) is 0 Å². The Bertz CT molecular complexity index is 336. The van der Waals surface area contributed by atoms with Crippen molar-refractivity contribution in [2.45, 2.75) is 53.4 Å². The van der Waals surface area contributed by atoms with E-state index in [0.29, 0.717) is 18.6 Å². The molecule has 0 spiro atoms. The summed E-state index contributed by atoms with van der Waals surface area (Å²) in [6.07, 6.45) is 10.1. The highest BCUT2D eigenvalue weighted by Crippen LogP contribution is 2.21. The summed E-state index contributed by atoms with van der Waals surface area (Å²) in [5.41, 5.74) is 1.19. The van der Waals surface area contributed by atoms with Crippen LogP contribution >= 0.6 is 0 Å². The van der Waals surface area contributed by atoms with E-state index in [1.807, 2.05) is 13.8 Å². The molecule has 0 amide bonds. The number of rotatable bonds is 8. The van der Waals surface area contributed by atoms with E-state index in [4.69, 9.17) is 0 Å². The fourth-order valence-electron chi connectivity index (χ4n) is 1.49. The first-order valence-electron chi connectivity index (χ1n) is 6.30. The van der Waals surface area contributed by atoms with E-state index in [1.54, 1.807) is 6.92 Å². The van der Waals surface area contributed by atoms with Crippen molar-refractivity contribution >= 4 is 12.1 Å². The molecule has 0 atom stereocenters. The number of allylic oxidation sites excluding steroid dienone is 4. The van der Waals surface area contributed by atoms with Crippen molar-refractivity contribution in [2.24, 2.45) is 5.41 Å². The Hall–Kier alpha value is -1.38. The maximum Gasteiger partial charge on any atom is 0.326 e. The first kappa shape index (κ1) is 16.6. The SMILES string of the molecule is CC(CC/C=C(\C)C/C=C/C(C)(C)CC=O)=[O+][O-]. The van der Waals surface area contributed by atoms with Crippen LogP contribution in [0.2, 0.25) is 0 Å². The maximum atomic E-state index is 10.5. The van der Waals surface area contributed by atoms with Crippen LogP contribution < -0.4 is 5.26 Å². The predicted octanol–water partition coefficient (Wildman–Crippen LogP) is 2.67. The Balaban J connectivity index is 4.09. The standard InChI is InChI=1S/C15H24O3/c1-13(7-5-9-14(2)18-17)8-6-10-15(3,4)11-12-16/h6-7,10,12H,5,8-9,11H2,1-4H3/b10-6+,13-7+. The molecule has 0 heterocycles. The Labute approximate surface area is 110 Å². The molecule has 0 aromatic heterocycles. The molecule has 0 aromatic carbocycles. The van der Waals surface area contributed by atoms with Crippen LogP contribution in [0.15, 0.2) is 23.8 Å². The lowest BCUT2D eigenvalue weighted by atomic mass is 9.89. The average Bonchev–Trinajstić information content (AvgIpc) is 2.28. The van der Waals surface area contributed by atoms with E-state index in [-0.39, 0.29) is 5.41 Å². The fraction of sp³-hybridized carbons (Fsp3) is 0.600. The van der Waals surface area contributed by atoms with Gasteiger partial charge in [0, 0.05) is 6.42 Å². The second-order valence-corrected chi connectivity index (χ2v) is 5.34. The minimum Gasteiger partial charge on any atom is -0.463 e. The molecular weight excluding hydrogens is 228 g/mol. The molecule has 102 valence electrons. The Morgan fingerprint density at radius 1 is 1.33 bits per heavy atom. The van der Waals surface area contributed by atoms with Crippen LogP contribution in [0.3, 0.4) is 0 Å². The summed E-state index contributed by atoms with van der Waals surface area (Å²) in [5.74, 6) is 0.515. The minimum absolute atomic E-state index is 0.0667. The van der Waals surface area contributed by atoms with E-state index in [9.17, 15) is 10.1 Å². The smallest absolute Gasteiger partial charge is 0.326 e. The molecule has 0 aliphatic carbocycles. The summed E-state index contributed by atoms with van der Waals surface area (Å²) < 4.78 is 3.88. The van der Waals surface area contributed by atoms with Crippen LogP contribution in [0.5, 0.6) is 0 Å². The zero-order valence-corrected chi connectivity index (χ0v) is 11.9. The highest BCUT2D eigenvalue weighted by molar-refractivity contribution is 5.75. The molecule has 0 rings (SSSR count). The summed E-state index contributed by atoms with van der Waals surface area (Å²) >= 11 is 0. The largest absolute Gasteiger partial charge is 0.463 e. The van der Waals surface area contributed by atoms with E-state index in [2.05, 4.69) is 29.7 Å². The van der Waals surface area contributed by atoms with E-state index in [1.165, 1.54) is 5.57 Å². The van der Waals surface area contributed by atoms with Crippen molar-refractivity contribution in [2.75, 3.05) is 0 Å². The molecular formula is C15H24O3. The van der Waals surface area contributed by atoms with Crippen molar-refractivity contribution < 1.29 is 14.6 Å². The number of aldehydes is 1. The molecule has 0 aromatic rings. The Kier molecular flexibility index (Phi) is 8.01. The van der Waals surface area contributed by atoms with Gasteiger partial charge in [0.15, 0.2) is 0 Å². The summed E-state index contributed by atoms with van der Waals surface area (Å²) in [6, 6.07) is 0. The van der Waals surface area contributed by atoms with Gasteiger partial charge >= 0.3 is 5.78 Å². The number of carbonyl (C=O) groups is 1. The number of carbonyl (C=O) groups excluding carboxylic acids is 2. The van der Waals surface area contributed by atoms with Gasteiger partial charge in [-0.1, -0.05) is 37.6 Å². The molecule has 0 saturated heterocycles. The van der Waals surface area contributed by atoms with Crippen molar-refractivity contribution in [3.63, 3.8) is 0 Å². The summed E-state index contributed by atoms with van der Waals surface area (Å²) in [7, 11) is 0. The van der Waals surface area contributed by atoms with Crippen LogP contribution in [0, 0.1) is 5.41 Å². The van der Waals surface area contributed by atoms with Gasteiger partial charge in [-0.05, 0) is 25.2 Å². The van der Waals surface area contributed by atoms with E-state index >= 15 is 0 Å². The highest BCUT2D eigenvalue weighted by Gasteiger charge is 2.11. The third-order valence-corrected chi connectivity index (χ3v) is 2.75. The van der Waals surface area contributed by atoms with Gasteiger partial charge in [0.1, 0.15) is 6.29 Å². The lowest BCUT2D eigenvalue weighted by molar-refractivity contribution is -1.05. The molecule has 0 unspecified atom stereocenters. The van der Waals surface area contributed by atoms with Gasteiger partial charge in [-0.3, -0.25) is 0 Å². The van der Waals surface area contributed by atoms with Crippen LogP contribution in [-0.2, 0) is 9.37 Å². The van der Waals surface area contributed by atoms with Crippen molar-refractivity contribution in [3.8, 4) is 0 Å². The number of ketones is 1. The first-order chi connectivity index (χ1) is 8.41. The molecule has 3 nitrogen and oxygen atoms in total. The van der Waals surface area contributed by atoms with Crippen molar-refractivity contribution in [1.82, 2.24) is 0 Å². The molecule has 3 heteroatoms. The average molecular weight is 252 g/mol. The van der Waals surface area contributed by atoms with Gasteiger partial charge in [-0.15, -0.1) is 0 Å². The van der Waals surface area contributed by atoms with Crippen molar-refractivity contribution in [3.05, 3.63) is 23.8 Å². The molecule has 0 N–H and O–H groups in total. The van der Waals surface area contributed by atoms with E-state index < -0.39 is 0 Å². The number of hydrogen-bond acceptors (Lipinski definition) is 2. The highest BCUT2D eigenvalue weighted by atomic mass is 17.1. The first-order valence-corrected chi connectivity index (χ1v) is 6.30. The summed E-state index contributed by atoms with van der Waals surface area (Å²) in [6.45, 7) is 7.84. The van der Waals surface area contributed by atoms with Gasteiger partial charge in [0.05, 0.1) is 13.3 Å². The molecule has 0 fully saturated rings. The molecule has 18 heavy (non-hydrogen) atoms. The van der Waals surface area contributed by atoms with E-state index in [0.717, 1.165) is 19.1 Å². The third-order valence-electron chi connectivity index (χ3n) is 2.75. The predicted molar refractivity (Wildman–Crippen MR) is 71.9 cm³/mol. The van der Waals surface area contributed by atoms with Gasteiger partial charge < -0.3 is 10.1 Å².